The molecule has 0 saturated carbocycles. The van der Waals surface area contributed by atoms with Gasteiger partial charge in [-0.05, 0) is 40.5 Å². The second-order valence-electron chi connectivity index (χ2n) is 4.00. The summed E-state index contributed by atoms with van der Waals surface area (Å²) in [6.45, 7) is 2.59. The van der Waals surface area contributed by atoms with Gasteiger partial charge in [0.05, 0.1) is 17.6 Å². The van der Waals surface area contributed by atoms with E-state index in [0.717, 1.165) is 5.56 Å². The van der Waals surface area contributed by atoms with Crippen LogP contribution in [0.25, 0.3) is 0 Å². The lowest BCUT2D eigenvalue weighted by Crippen LogP contribution is -2.27. The Morgan fingerprint density at radius 2 is 2.21 bits per heavy atom. The van der Waals surface area contributed by atoms with Crippen molar-refractivity contribution < 1.29 is 8.42 Å². The van der Waals surface area contributed by atoms with E-state index in [2.05, 4.69) is 31.0 Å². The standard InChI is InChI=1S/C11H13BrN4O2S/c1-9-2-3-11(10(12)8-9)19(17,18)14-5-7-16-6-4-13-15-16/h2-4,6,8,14H,5,7H2,1H3. The molecule has 0 amide bonds. The van der Waals surface area contributed by atoms with Crippen LogP contribution in [0.3, 0.4) is 0 Å². The van der Waals surface area contributed by atoms with E-state index in [1.807, 2.05) is 6.92 Å². The van der Waals surface area contributed by atoms with E-state index >= 15 is 0 Å². The Morgan fingerprint density at radius 3 is 2.84 bits per heavy atom. The number of nitrogens with one attached hydrogen (secondary N) is 1. The highest BCUT2D eigenvalue weighted by Crippen LogP contribution is 2.22. The largest absolute Gasteiger partial charge is 0.251 e. The van der Waals surface area contributed by atoms with Gasteiger partial charge in [0, 0.05) is 17.2 Å². The van der Waals surface area contributed by atoms with Crippen LogP contribution in [-0.2, 0) is 16.6 Å². The van der Waals surface area contributed by atoms with Gasteiger partial charge < -0.3 is 0 Å². The number of hydrogen-bond donors (Lipinski definition) is 1. The quantitative estimate of drug-likeness (QED) is 0.887. The fraction of sp³-hybridized carbons (Fsp3) is 0.273. The average molecular weight is 345 g/mol. The molecule has 0 aliphatic heterocycles. The van der Waals surface area contributed by atoms with Gasteiger partial charge in [-0.25, -0.2) is 13.1 Å². The SMILES string of the molecule is Cc1ccc(S(=O)(=O)NCCn2ccnn2)c(Br)c1. The number of rotatable bonds is 5. The van der Waals surface area contributed by atoms with Crippen molar-refractivity contribution in [1.82, 2.24) is 19.7 Å². The lowest BCUT2D eigenvalue weighted by molar-refractivity contribution is 0.552. The summed E-state index contributed by atoms with van der Waals surface area (Å²) in [7, 11) is -3.52. The summed E-state index contributed by atoms with van der Waals surface area (Å²) in [5.41, 5.74) is 0.994. The number of hydrogen-bond acceptors (Lipinski definition) is 4. The van der Waals surface area contributed by atoms with Gasteiger partial charge in [-0.15, -0.1) is 5.10 Å². The van der Waals surface area contributed by atoms with Crippen LogP contribution >= 0.6 is 15.9 Å². The van der Waals surface area contributed by atoms with Gasteiger partial charge in [0.2, 0.25) is 10.0 Å². The summed E-state index contributed by atoms with van der Waals surface area (Å²) in [5.74, 6) is 0. The van der Waals surface area contributed by atoms with Crippen molar-refractivity contribution in [3.63, 3.8) is 0 Å². The van der Waals surface area contributed by atoms with Gasteiger partial charge in [-0.3, -0.25) is 4.68 Å². The highest BCUT2D eigenvalue weighted by molar-refractivity contribution is 9.10. The third-order valence-electron chi connectivity index (χ3n) is 2.48. The van der Waals surface area contributed by atoms with Crippen molar-refractivity contribution in [2.24, 2.45) is 0 Å². The first kappa shape index (κ1) is 14.2. The molecule has 2 aromatic rings. The number of benzene rings is 1. The predicted molar refractivity (Wildman–Crippen MR) is 74.1 cm³/mol. The molecule has 0 radical (unpaired) electrons. The first-order valence-corrected chi connectivity index (χ1v) is 7.86. The molecule has 1 aromatic carbocycles. The molecule has 19 heavy (non-hydrogen) atoms. The van der Waals surface area contributed by atoms with Gasteiger partial charge >= 0.3 is 0 Å². The van der Waals surface area contributed by atoms with Crippen LogP contribution in [0.5, 0.6) is 0 Å². The van der Waals surface area contributed by atoms with E-state index in [1.54, 1.807) is 35.3 Å². The molecule has 0 bridgehead atoms. The molecule has 1 aromatic heterocycles. The first-order valence-electron chi connectivity index (χ1n) is 5.59. The molecule has 6 nitrogen and oxygen atoms in total. The fourth-order valence-corrected chi connectivity index (χ4v) is 3.76. The van der Waals surface area contributed by atoms with Crippen LogP contribution in [0.15, 0.2) is 40.0 Å². The van der Waals surface area contributed by atoms with Crippen LogP contribution in [0.1, 0.15) is 5.56 Å². The maximum Gasteiger partial charge on any atom is 0.241 e. The van der Waals surface area contributed by atoms with Crippen LogP contribution < -0.4 is 4.72 Å². The van der Waals surface area contributed by atoms with E-state index in [0.29, 0.717) is 11.0 Å². The number of aromatic nitrogens is 3. The summed E-state index contributed by atoms with van der Waals surface area (Å²) in [6.07, 6.45) is 3.22. The minimum Gasteiger partial charge on any atom is -0.251 e. The average Bonchev–Trinajstić information content (AvgIpc) is 2.81. The van der Waals surface area contributed by atoms with Crippen LogP contribution in [-0.4, -0.2) is 30.0 Å². The molecule has 0 unspecified atom stereocenters. The topological polar surface area (TPSA) is 76.9 Å². The van der Waals surface area contributed by atoms with E-state index in [9.17, 15) is 8.42 Å². The molecule has 0 aliphatic rings. The van der Waals surface area contributed by atoms with Crippen molar-refractivity contribution in [2.45, 2.75) is 18.4 Å². The van der Waals surface area contributed by atoms with Gasteiger partial charge in [0.25, 0.3) is 0 Å². The number of halogens is 1. The minimum atomic E-state index is -3.52. The molecule has 2 rings (SSSR count). The molecule has 0 fully saturated rings. The van der Waals surface area contributed by atoms with Gasteiger partial charge in [0.1, 0.15) is 0 Å². The van der Waals surface area contributed by atoms with Crippen molar-refractivity contribution in [2.75, 3.05) is 6.54 Å². The van der Waals surface area contributed by atoms with Gasteiger partial charge in [-0.1, -0.05) is 11.3 Å². The van der Waals surface area contributed by atoms with Gasteiger partial charge in [0.15, 0.2) is 0 Å². The lowest BCUT2D eigenvalue weighted by Gasteiger charge is -2.09. The maximum atomic E-state index is 12.1. The second kappa shape index (κ2) is 5.81. The third-order valence-corrected chi connectivity index (χ3v) is 4.92. The van der Waals surface area contributed by atoms with Gasteiger partial charge in [-0.2, -0.15) is 0 Å². The number of sulfonamides is 1. The highest BCUT2D eigenvalue weighted by atomic mass is 79.9. The maximum absolute atomic E-state index is 12.1. The first-order chi connectivity index (χ1) is 8.99. The highest BCUT2D eigenvalue weighted by Gasteiger charge is 2.16. The zero-order valence-electron chi connectivity index (χ0n) is 10.2. The molecular weight excluding hydrogens is 332 g/mol. The molecule has 0 saturated heterocycles. The van der Waals surface area contributed by atoms with Crippen molar-refractivity contribution >= 4 is 26.0 Å². The lowest BCUT2D eigenvalue weighted by atomic mass is 10.2. The molecular formula is C11H13BrN4O2S. The molecule has 8 heteroatoms. The summed E-state index contributed by atoms with van der Waals surface area (Å²) >= 11 is 3.27. The minimum absolute atomic E-state index is 0.233. The number of nitrogens with zero attached hydrogens (tertiary/aromatic N) is 3. The Hall–Kier alpha value is -1.25. The Labute approximate surface area is 120 Å². The van der Waals surface area contributed by atoms with E-state index < -0.39 is 10.0 Å². The molecule has 1 N–H and O–H groups in total. The Kier molecular flexibility index (Phi) is 4.33. The summed E-state index contributed by atoms with van der Waals surface area (Å²) in [6, 6.07) is 5.11. The molecule has 102 valence electrons. The van der Waals surface area contributed by atoms with Crippen LogP contribution in [0.2, 0.25) is 0 Å². The Bertz CT molecular complexity index is 655. The number of aryl methyl sites for hydroxylation is 1. The summed E-state index contributed by atoms with van der Waals surface area (Å²) < 4.78 is 28.9. The fourth-order valence-electron chi connectivity index (χ4n) is 1.55. The van der Waals surface area contributed by atoms with Crippen molar-refractivity contribution in [1.29, 1.82) is 0 Å². The molecule has 0 spiro atoms. The van der Waals surface area contributed by atoms with Crippen molar-refractivity contribution in [3.05, 3.63) is 40.6 Å². The third kappa shape index (κ3) is 3.62. The van der Waals surface area contributed by atoms with E-state index in [-0.39, 0.29) is 11.4 Å². The normalized spacial score (nSPS) is 11.7. The molecule has 1 heterocycles. The van der Waals surface area contributed by atoms with E-state index in [4.69, 9.17) is 0 Å². The van der Waals surface area contributed by atoms with Crippen LogP contribution in [0.4, 0.5) is 0 Å². The summed E-state index contributed by atoms with van der Waals surface area (Å²) in [4.78, 5) is 0.233. The molecule has 0 atom stereocenters. The molecule has 0 aliphatic carbocycles. The zero-order chi connectivity index (χ0) is 13.9. The van der Waals surface area contributed by atoms with Crippen molar-refractivity contribution in [3.8, 4) is 0 Å². The summed E-state index contributed by atoms with van der Waals surface area (Å²) in [5, 5.41) is 7.41. The Balaban J connectivity index is 2.05. The smallest absolute Gasteiger partial charge is 0.241 e. The van der Waals surface area contributed by atoms with E-state index in [1.165, 1.54) is 0 Å². The Morgan fingerprint density at radius 1 is 1.42 bits per heavy atom. The van der Waals surface area contributed by atoms with Crippen LogP contribution in [0, 0.1) is 6.92 Å². The monoisotopic (exact) mass is 344 g/mol. The zero-order valence-corrected chi connectivity index (χ0v) is 12.6. The predicted octanol–water partition coefficient (Wildman–Crippen LogP) is 1.33. The second-order valence-corrected chi connectivity index (χ2v) is 6.59.